The van der Waals surface area contributed by atoms with Crippen LogP contribution in [0.2, 0.25) is 0 Å². The minimum Gasteiger partial charge on any atom is -0.478 e. The van der Waals surface area contributed by atoms with E-state index >= 15 is 0 Å². The summed E-state index contributed by atoms with van der Waals surface area (Å²) >= 11 is 0. The Hall–Kier alpha value is -1.88. The van der Waals surface area contributed by atoms with Crippen molar-refractivity contribution in [3.63, 3.8) is 0 Å². The molecule has 0 aliphatic rings. The van der Waals surface area contributed by atoms with Crippen molar-refractivity contribution in [2.45, 2.75) is 72.3 Å². The van der Waals surface area contributed by atoms with Gasteiger partial charge in [0.05, 0.1) is 16.6 Å². The van der Waals surface area contributed by atoms with Crippen LogP contribution in [0.25, 0.3) is 11.0 Å². The smallest absolute Gasteiger partial charge is 0.335 e. The molecule has 1 N–H and O–H groups in total. The minimum atomic E-state index is -0.897. The van der Waals surface area contributed by atoms with Crippen molar-refractivity contribution < 1.29 is 9.90 Å². The quantitative estimate of drug-likeness (QED) is 0.538. The summed E-state index contributed by atoms with van der Waals surface area (Å²) in [6.07, 6.45) is 8.05. The Balaban J connectivity index is 2.11. The Bertz CT molecular complexity index is 716. The number of hydrogen-bond acceptors (Lipinski definition) is 3. The van der Waals surface area contributed by atoms with Gasteiger partial charge in [0, 0.05) is 13.0 Å². The van der Waals surface area contributed by atoms with Crippen LogP contribution in [0.3, 0.4) is 0 Å². The third-order valence-corrected chi connectivity index (χ3v) is 5.06. The second-order valence-electron chi connectivity index (χ2n) is 7.34. The summed E-state index contributed by atoms with van der Waals surface area (Å²) in [5.74, 6) is 0.176. The lowest BCUT2D eigenvalue weighted by molar-refractivity contribution is 0.0697. The van der Waals surface area contributed by atoms with Crippen LogP contribution < -0.4 is 0 Å². The van der Waals surface area contributed by atoms with Crippen molar-refractivity contribution in [1.82, 2.24) is 14.5 Å². The monoisotopic (exact) mass is 373 g/mol. The van der Waals surface area contributed by atoms with Crippen LogP contribution in [-0.4, -0.2) is 45.2 Å². The molecule has 1 heterocycles. The Morgan fingerprint density at radius 3 is 2.30 bits per heavy atom. The number of aromatic carboxylic acids is 1. The molecule has 0 unspecified atom stereocenters. The molecule has 5 nitrogen and oxygen atoms in total. The zero-order valence-electron chi connectivity index (χ0n) is 17.2. The van der Waals surface area contributed by atoms with Crippen molar-refractivity contribution in [2.24, 2.45) is 0 Å². The minimum absolute atomic E-state index is 0.306. The lowest BCUT2D eigenvalue weighted by Crippen LogP contribution is -2.28. The van der Waals surface area contributed by atoms with Crippen LogP contribution in [0.4, 0.5) is 0 Å². The summed E-state index contributed by atoms with van der Waals surface area (Å²) in [6, 6.07) is 5.30. The second kappa shape index (κ2) is 11.1. The first-order valence-electron chi connectivity index (χ1n) is 10.5. The lowest BCUT2D eigenvalue weighted by Gasteiger charge is -2.22. The van der Waals surface area contributed by atoms with Gasteiger partial charge in [-0.25, -0.2) is 9.78 Å². The standard InChI is InChI=1S/C22H35N3O2/c1-4-7-13-24(14-8-5-2)15-9-16-25-20-12-11-18(22(26)27)17-19(20)23-21(25)10-6-3/h11-12,17H,4-10,13-16H2,1-3H3,(H,26,27). The molecule has 0 aliphatic carbocycles. The van der Waals surface area contributed by atoms with Crippen molar-refractivity contribution in [3.05, 3.63) is 29.6 Å². The first-order chi connectivity index (χ1) is 13.1. The first-order valence-corrected chi connectivity index (χ1v) is 10.5. The van der Waals surface area contributed by atoms with Crippen LogP contribution >= 0.6 is 0 Å². The molecule has 0 bridgehead atoms. The van der Waals surface area contributed by atoms with E-state index in [1.165, 1.54) is 38.8 Å². The van der Waals surface area contributed by atoms with E-state index in [0.717, 1.165) is 49.2 Å². The van der Waals surface area contributed by atoms with Crippen molar-refractivity contribution in [3.8, 4) is 0 Å². The van der Waals surface area contributed by atoms with E-state index < -0.39 is 5.97 Å². The number of benzene rings is 1. The molecule has 0 saturated carbocycles. The lowest BCUT2D eigenvalue weighted by atomic mass is 10.2. The highest BCUT2D eigenvalue weighted by Gasteiger charge is 2.13. The van der Waals surface area contributed by atoms with Gasteiger partial charge in [0.2, 0.25) is 0 Å². The van der Waals surface area contributed by atoms with Gasteiger partial charge in [0.25, 0.3) is 0 Å². The predicted octanol–water partition coefficient (Wildman–Crippen LogP) is 4.98. The summed E-state index contributed by atoms with van der Waals surface area (Å²) in [5.41, 5.74) is 2.16. The van der Waals surface area contributed by atoms with Crippen molar-refractivity contribution in [2.75, 3.05) is 19.6 Å². The number of aromatic nitrogens is 2. The van der Waals surface area contributed by atoms with E-state index in [1.54, 1.807) is 12.1 Å². The van der Waals surface area contributed by atoms with Gasteiger partial charge in [-0.2, -0.15) is 0 Å². The Morgan fingerprint density at radius 2 is 1.70 bits per heavy atom. The maximum Gasteiger partial charge on any atom is 0.335 e. The summed E-state index contributed by atoms with van der Waals surface area (Å²) in [6.45, 7) is 11.1. The number of carbonyl (C=O) groups is 1. The third-order valence-electron chi connectivity index (χ3n) is 5.06. The van der Waals surface area contributed by atoms with Crippen LogP contribution in [0.15, 0.2) is 18.2 Å². The maximum atomic E-state index is 11.2. The molecule has 27 heavy (non-hydrogen) atoms. The number of hydrogen-bond donors (Lipinski definition) is 1. The Kier molecular flexibility index (Phi) is 8.79. The normalized spacial score (nSPS) is 11.6. The van der Waals surface area contributed by atoms with E-state index in [-0.39, 0.29) is 0 Å². The van der Waals surface area contributed by atoms with Gasteiger partial charge in [-0.3, -0.25) is 0 Å². The number of rotatable bonds is 13. The molecule has 0 spiro atoms. The van der Waals surface area contributed by atoms with Crippen LogP contribution in [-0.2, 0) is 13.0 Å². The fourth-order valence-corrected chi connectivity index (χ4v) is 3.53. The molecule has 5 heteroatoms. The molecule has 2 aromatic rings. The number of unbranched alkanes of at least 4 members (excludes halogenated alkanes) is 2. The molecule has 0 fully saturated rings. The third kappa shape index (κ3) is 6.06. The molecule has 0 atom stereocenters. The molecule has 2 rings (SSSR count). The summed E-state index contributed by atoms with van der Waals surface area (Å²) in [4.78, 5) is 18.6. The van der Waals surface area contributed by atoms with Crippen LogP contribution in [0.1, 0.15) is 75.5 Å². The summed E-state index contributed by atoms with van der Waals surface area (Å²) in [7, 11) is 0. The average Bonchev–Trinajstić information content (AvgIpc) is 3.00. The predicted molar refractivity (Wildman–Crippen MR) is 112 cm³/mol. The summed E-state index contributed by atoms with van der Waals surface area (Å²) in [5, 5.41) is 9.23. The SMILES string of the molecule is CCCCN(CCCC)CCCn1c(CCC)nc2cc(C(=O)O)ccc21. The highest BCUT2D eigenvalue weighted by Crippen LogP contribution is 2.20. The molecular formula is C22H35N3O2. The number of fused-ring (bicyclic) bond motifs is 1. The molecule has 1 aromatic carbocycles. The van der Waals surface area contributed by atoms with E-state index in [1.807, 2.05) is 6.07 Å². The van der Waals surface area contributed by atoms with E-state index in [0.29, 0.717) is 5.56 Å². The highest BCUT2D eigenvalue weighted by atomic mass is 16.4. The molecule has 0 amide bonds. The number of imidazole rings is 1. The second-order valence-corrected chi connectivity index (χ2v) is 7.34. The summed E-state index contributed by atoms with van der Waals surface area (Å²) < 4.78 is 2.29. The first kappa shape index (κ1) is 21.4. The van der Waals surface area contributed by atoms with E-state index in [9.17, 15) is 9.90 Å². The fraction of sp³-hybridized carbons (Fsp3) is 0.636. The van der Waals surface area contributed by atoms with Gasteiger partial charge in [-0.1, -0.05) is 33.6 Å². The van der Waals surface area contributed by atoms with Gasteiger partial charge in [0.1, 0.15) is 5.82 Å². The van der Waals surface area contributed by atoms with Crippen molar-refractivity contribution in [1.29, 1.82) is 0 Å². The van der Waals surface area contributed by atoms with Gasteiger partial charge < -0.3 is 14.6 Å². The number of nitrogens with zero attached hydrogens (tertiary/aromatic N) is 3. The van der Waals surface area contributed by atoms with Gasteiger partial charge in [-0.15, -0.1) is 0 Å². The van der Waals surface area contributed by atoms with E-state index in [2.05, 4.69) is 30.2 Å². The van der Waals surface area contributed by atoms with Crippen molar-refractivity contribution >= 4 is 17.0 Å². The number of aryl methyl sites for hydroxylation is 2. The molecule has 0 radical (unpaired) electrons. The largest absolute Gasteiger partial charge is 0.478 e. The highest BCUT2D eigenvalue weighted by molar-refractivity contribution is 5.92. The molecular weight excluding hydrogens is 338 g/mol. The van der Waals surface area contributed by atoms with E-state index in [4.69, 9.17) is 4.98 Å². The van der Waals surface area contributed by atoms with Crippen LogP contribution in [0, 0.1) is 0 Å². The number of carboxylic acids is 1. The van der Waals surface area contributed by atoms with Gasteiger partial charge in [-0.05, 0) is 63.5 Å². The van der Waals surface area contributed by atoms with Gasteiger partial charge in [0.15, 0.2) is 0 Å². The van der Waals surface area contributed by atoms with Gasteiger partial charge >= 0.3 is 5.97 Å². The molecule has 150 valence electrons. The molecule has 0 saturated heterocycles. The molecule has 0 aliphatic heterocycles. The zero-order chi connectivity index (χ0) is 19.6. The topological polar surface area (TPSA) is 58.4 Å². The maximum absolute atomic E-state index is 11.2. The molecule has 1 aromatic heterocycles. The zero-order valence-corrected chi connectivity index (χ0v) is 17.2. The Labute approximate surface area is 163 Å². The Morgan fingerprint density at radius 1 is 1.04 bits per heavy atom. The average molecular weight is 374 g/mol. The number of carboxylic acid groups (broad SMARTS) is 1. The van der Waals surface area contributed by atoms with Crippen LogP contribution in [0.5, 0.6) is 0 Å². The fourth-order valence-electron chi connectivity index (χ4n) is 3.53.